The SMILES string of the molecule is CCCCCCCCCCCCCCCCCC[P+]1(O)OCO1. The average Bonchev–Trinajstić information content (AvgIpc) is 2.53. The molecule has 1 heterocycles. The highest BCUT2D eigenvalue weighted by molar-refractivity contribution is 7.61. The minimum absolute atomic E-state index is 0.295. The maximum Gasteiger partial charge on any atom is 0.413 e. The fourth-order valence-corrected chi connectivity index (χ4v) is 4.39. The zero-order valence-corrected chi connectivity index (χ0v) is 16.3. The molecule has 0 radical (unpaired) electrons. The summed E-state index contributed by atoms with van der Waals surface area (Å²) in [5.74, 6) is 0. The third-order valence-electron chi connectivity index (χ3n) is 4.80. The summed E-state index contributed by atoms with van der Waals surface area (Å²) in [6, 6.07) is 0. The molecule has 1 fully saturated rings. The Hall–Kier alpha value is 0.310. The van der Waals surface area contributed by atoms with Gasteiger partial charge in [0.15, 0.2) is 0 Å². The van der Waals surface area contributed by atoms with Crippen LogP contribution in [0, 0.1) is 0 Å². The number of unbranched alkanes of at least 4 members (excludes halogenated alkanes) is 15. The molecule has 1 aliphatic heterocycles. The van der Waals surface area contributed by atoms with E-state index < -0.39 is 7.94 Å². The predicted molar refractivity (Wildman–Crippen MR) is 101 cm³/mol. The molecule has 0 spiro atoms. The molecule has 0 bridgehead atoms. The monoisotopic (exact) mass is 347 g/mol. The molecule has 0 aromatic carbocycles. The minimum Gasteiger partial charge on any atom is -0.192 e. The first-order valence-corrected chi connectivity index (χ1v) is 11.9. The Morgan fingerprint density at radius 2 is 0.957 bits per heavy atom. The lowest BCUT2D eigenvalue weighted by molar-refractivity contribution is -0.0134. The fraction of sp³-hybridized carbons (Fsp3) is 1.00. The zero-order valence-electron chi connectivity index (χ0n) is 15.4. The summed E-state index contributed by atoms with van der Waals surface area (Å²) in [6.45, 7) is 2.58. The fourth-order valence-electron chi connectivity index (χ4n) is 3.16. The zero-order chi connectivity index (χ0) is 16.6. The van der Waals surface area contributed by atoms with E-state index in [1.54, 1.807) is 0 Å². The van der Waals surface area contributed by atoms with E-state index in [2.05, 4.69) is 6.92 Å². The molecule has 0 aromatic heterocycles. The quantitative estimate of drug-likeness (QED) is 0.227. The van der Waals surface area contributed by atoms with Gasteiger partial charge in [-0.15, -0.1) is 9.05 Å². The molecule has 0 saturated carbocycles. The minimum atomic E-state index is -2.33. The molecule has 3 nitrogen and oxygen atoms in total. The summed E-state index contributed by atoms with van der Waals surface area (Å²) in [4.78, 5) is 9.69. The Balaban J connectivity index is 1.65. The molecule has 0 unspecified atom stereocenters. The Bertz CT molecular complexity index is 257. The van der Waals surface area contributed by atoms with Crippen molar-refractivity contribution >= 4 is 7.94 Å². The third kappa shape index (κ3) is 12.3. The Labute approximate surface area is 145 Å². The molecule has 0 aromatic rings. The van der Waals surface area contributed by atoms with Crippen LogP contribution in [-0.2, 0) is 9.05 Å². The van der Waals surface area contributed by atoms with Gasteiger partial charge in [0.05, 0.1) is 0 Å². The molecule has 0 aliphatic carbocycles. The lowest BCUT2D eigenvalue weighted by atomic mass is 10.0. The van der Waals surface area contributed by atoms with Gasteiger partial charge in [0, 0.05) is 0 Å². The summed E-state index contributed by atoms with van der Waals surface area (Å²) < 4.78 is 10.2. The summed E-state index contributed by atoms with van der Waals surface area (Å²) >= 11 is 0. The van der Waals surface area contributed by atoms with E-state index in [0.29, 0.717) is 6.79 Å². The maximum absolute atomic E-state index is 9.69. The van der Waals surface area contributed by atoms with Crippen molar-refractivity contribution in [2.45, 2.75) is 110 Å². The van der Waals surface area contributed by atoms with Crippen LogP contribution in [0.3, 0.4) is 0 Å². The molecular weight excluding hydrogens is 307 g/mol. The molecule has 1 rings (SSSR count). The molecule has 0 atom stereocenters. The van der Waals surface area contributed by atoms with Crippen LogP contribution in [0.2, 0.25) is 0 Å². The number of rotatable bonds is 17. The van der Waals surface area contributed by atoms with E-state index in [0.717, 1.165) is 12.6 Å². The molecule has 1 N–H and O–H groups in total. The number of hydrogen-bond donors (Lipinski definition) is 1. The van der Waals surface area contributed by atoms with E-state index in [-0.39, 0.29) is 0 Å². The van der Waals surface area contributed by atoms with Gasteiger partial charge in [0.2, 0.25) is 6.79 Å². The van der Waals surface area contributed by atoms with Gasteiger partial charge in [-0.05, 0) is 12.8 Å². The smallest absolute Gasteiger partial charge is 0.192 e. The topological polar surface area (TPSA) is 38.7 Å². The van der Waals surface area contributed by atoms with Crippen LogP contribution in [0.25, 0.3) is 0 Å². The Morgan fingerprint density at radius 3 is 1.26 bits per heavy atom. The second-order valence-electron chi connectivity index (χ2n) is 7.04. The van der Waals surface area contributed by atoms with Gasteiger partial charge in [-0.1, -0.05) is 96.8 Å². The highest BCUT2D eigenvalue weighted by Crippen LogP contribution is 2.64. The second-order valence-corrected chi connectivity index (χ2v) is 9.28. The van der Waals surface area contributed by atoms with E-state index in [1.807, 2.05) is 0 Å². The van der Waals surface area contributed by atoms with Crippen LogP contribution in [0.15, 0.2) is 0 Å². The first-order valence-electron chi connectivity index (χ1n) is 10.2. The van der Waals surface area contributed by atoms with Crippen molar-refractivity contribution in [3.63, 3.8) is 0 Å². The van der Waals surface area contributed by atoms with Gasteiger partial charge in [0.25, 0.3) is 0 Å². The lowest BCUT2D eigenvalue weighted by Crippen LogP contribution is -2.18. The van der Waals surface area contributed by atoms with Crippen molar-refractivity contribution in [1.29, 1.82) is 0 Å². The van der Waals surface area contributed by atoms with Gasteiger partial charge < -0.3 is 0 Å². The molecule has 1 saturated heterocycles. The van der Waals surface area contributed by atoms with Gasteiger partial charge in [-0.2, -0.15) is 4.89 Å². The summed E-state index contributed by atoms with van der Waals surface area (Å²) in [5, 5.41) is 0. The van der Waals surface area contributed by atoms with E-state index >= 15 is 0 Å². The van der Waals surface area contributed by atoms with Crippen LogP contribution in [0.5, 0.6) is 0 Å². The van der Waals surface area contributed by atoms with E-state index in [1.165, 1.54) is 96.3 Å². The van der Waals surface area contributed by atoms with Crippen molar-refractivity contribution in [2.24, 2.45) is 0 Å². The van der Waals surface area contributed by atoms with Crippen LogP contribution in [0.4, 0.5) is 0 Å². The molecule has 0 amide bonds. The maximum atomic E-state index is 9.69. The molecular formula is C19H40O3P+. The molecule has 1 aliphatic rings. The summed E-state index contributed by atoms with van der Waals surface area (Å²) in [5.41, 5.74) is 0. The van der Waals surface area contributed by atoms with Crippen molar-refractivity contribution in [1.82, 2.24) is 0 Å². The van der Waals surface area contributed by atoms with E-state index in [9.17, 15) is 4.89 Å². The summed E-state index contributed by atoms with van der Waals surface area (Å²) in [6.07, 6.45) is 22.7. The van der Waals surface area contributed by atoms with E-state index in [4.69, 9.17) is 9.05 Å². The molecule has 4 heteroatoms. The summed E-state index contributed by atoms with van der Waals surface area (Å²) in [7, 11) is -2.33. The Morgan fingerprint density at radius 1 is 0.609 bits per heavy atom. The molecule has 138 valence electrons. The highest BCUT2D eigenvalue weighted by atomic mass is 31.2. The predicted octanol–water partition coefficient (Wildman–Crippen LogP) is 7.01. The third-order valence-corrected chi connectivity index (χ3v) is 6.70. The standard InChI is InChI=1S/C19H40O3P/c1-2-3-4-5-6-7-8-9-10-11-12-13-14-15-16-17-18-23(20)21-19-22-23/h20H,2-19H2,1H3/q+1. The largest absolute Gasteiger partial charge is 0.413 e. The van der Waals surface area contributed by atoms with Crippen LogP contribution in [-0.4, -0.2) is 17.8 Å². The second kappa shape index (κ2) is 14.6. The molecule has 23 heavy (non-hydrogen) atoms. The van der Waals surface area contributed by atoms with Crippen LogP contribution in [0.1, 0.15) is 110 Å². The van der Waals surface area contributed by atoms with Crippen LogP contribution >= 0.6 is 7.94 Å². The van der Waals surface area contributed by atoms with Crippen molar-refractivity contribution in [3.8, 4) is 0 Å². The Kier molecular flexibility index (Phi) is 13.6. The first-order chi connectivity index (χ1) is 11.3. The van der Waals surface area contributed by atoms with Crippen molar-refractivity contribution in [2.75, 3.05) is 13.0 Å². The average molecular weight is 348 g/mol. The van der Waals surface area contributed by atoms with Crippen LogP contribution < -0.4 is 0 Å². The van der Waals surface area contributed by atoms with Gasteiger partial charge in [-0.25, -0.2) is 0 Å². The van der Waals surface area contributed by atoms with Gasteiger partial charge >= 0.3 is 7.94 Å². The number of hydrogen-bond acceptors (Lipinski definition) is 3. The highest BCUT2D eigenvalue weighted by Gasteiger charge is 2.49. The lowest BCUT2D eigenvalue weighted by Gasteiger charge is -2.23. The first kappa shape index (κ1) is 21.4. The van der Waals surface area contributed by atoms with Crippen molar-refractivity contribution < 1.29 is 13.9 Å². The van der Waals surface area contributed by atoms with Gasteiger partial charge in [-0.3, -0.25) is 0 Å². The normalized spacial score (nSPS) is 16.4. The van der Waals surface area contributed by atoms with Gasteiger partial charge in [0.1, 0.15) is 6.16 Å². The van der Waals surface area contributed by atoms with Crippen molar-refractivity contribution in [3.05, 3.63) is 0 Å².